The molecule has 3 rings (SSSR count). The van der Waals surface area contributed by atoms with Crippen LogP contribution in [-0.2, 0) is 4.74 Å². The third kappa shape index (κ3) is 1.83. The summed E-state index contributed by atoms with van der Waals surface area (Å²) in [5.74, 6) is -0.382. The standard InChI is InChI=1S/C11H12N2O6S/c14-4-5-8(17)9(18)10(19-5)13-7(16)3-6(15)12-1-2-20-11(12)13/h1-3,5,8-10,14,17-18H,4H2/p+1/t5-,8+,9+,10+/m0/s1. The lowest BCUT2D eigenvalue weighted by Crippen LogP contribution is -2.48. The Bertz CT molecular complexity index is 698. The Kier molecular flexibility index (Phi) is 3.22. The zero-order chi connectivity index (χ0) is 14.4. The van der Waals surface area contributed by atoms with Crippen molar-refractivity contribution in [3.8, 4) is 5.88 Å². The Hall–Kier alpha value is -1.52. The topological polar surface area (TPSA) is 116 Å². The van der Waals surface area contributed by atoms with E-state index in [9.17, 15) is 20.1 Å². The van der Waals surface area contributed by atoms with E-state index in [-0.39, 0.29) is 5.88 Å². The van der Waals surface area contributed by atoms with Crippen LogP contribution in [0.3, 0.4) is 0 Å². The predicted molar refractivity (Wildman–Crippen MR) is 66.4 cm³/mol. The number of thiazole rings is 1. The van der Waals surface area contributed by atoms with Crippen LogP contribution in [0.15, 0.2) is 22.4 Å². The molecule has 1 saturated heterocycles. The van der Waals surface area contributed by atoms with Gasteiger partial charge in [-0.25, -0.2) is 4.79 Å². The molecule has 20 heavy (non-hydrogen) atoms. The quantitative estimate of drug-likeness (QED) is 0.475. The molecule has 0 unspecified atom stereocenters. The van der Waals surface area contributed by atoms with Crippen LogP contribution in [-0.4, -0.2) is 49.7 Å². The molecule has 1 aliphatic heterocycles. The molecule has 0 spiro atoms. The summed E-state index contributed by atoms with van der Waals surface area (Å²) >= 11 is 1.17. The molecule has 4 N–H and O–H groups in total. The number of hydrogen-bond acceptors (Lipinski definition) is 7. The predicted octanol–water partition coefficient (Wildman–Crippen LogP) is -2.03. The fraction of sp³-hybridized carbons (Fsp3) is 0.455. The highest BCUT2D eigenvalue weighted by molar-refractivity contribution is 7.14. The highest BCUT2D eigenvalue weighted by Crippen LogP contribution is 2.27. The third-order valence-electron chi connectivity index (χ3n) is 3.30. The Morgan fingerprint density at radius 1 is 1.40 bits per heavy atom. The maximum atomic E-state index is 11.7. The van der Waals surface area contributed by atoms with E-state index in [4.69, 9.17) is 9.84 Å². The Morgan fingerprint density at radius 3 is 2.80 bits per heavy atom. The fourth-order valence-electron chi connectivity index (χ4n) is 2.29. The Morgan fingerprint density at radius 2 is 2.15 bits per heavy atom. The van der Waals surface area contributed by atoms with E-state index < -0.39 is 36.7 Å². The van der Waals surface area contributed by atoms with Crippen molar-refractivity contribution >= 4 is 16.3 Å². The number of aromatic hydroxyl groups is 1. The second-order valence-corrected chi connectivity index (χ2v) is 5.37. The van der Waals surface area contributed by atoms with E-state index in [1.807, 2.05) is 0 Å². The van der Waals surface area contributed by atoms with Crippen LogP contribution in [0.5, 0.6) is 5.88 Å². The fourth-order valence-corrected chi connectivity index (χ4v) is 3.17. The monoisotopic (exact) mass is 301 g/mol. The molecule has 0 radical (unpaired) electrons. The van der Waals surface area contributed by atoms with Gasteiger partial charge >= 0.3 is 10.5 Å². The number of rotatable bonds is 2. The molecule has 3 heterocycles. The van der Waals surface area contributed by atoms with Crippen LogP contribution in [0.2, 0.25) is 0 Å². The van der Waals surface area contributed by atoms with E-state index >= 15 is 0 Å². The summed E-state index contributed by atoms with van der Waals surface area (Å²) in [5.41, 5.74) is -0.415. The molecule has 2 aromatic heterocycles. The van der Waals surface area contributed by atoms with Gasteiger partial charge in [-0.05, 0) is 0 Å². The zero-order valence-electron chi connectivity index (χ0n) is 10.2. The number of ether oxygens (including phenoxy) is 1. The van der Waals surface area contributed by atoms with Gasteiger partial charge in [0.15, 0.2) is 0 Å². The normalized spacial score (nSPS) is 30.1. The zero-order valence-corrected chi connectivity index (χ0v) is 11.0. The highest BCUT2D eigenvalue weighted by Gasteiger charge is 2.47. The molecular weight excluding hydrogens is 288 g/mol. The molecule has 4 atom stereocenters. The minimum Gasteiger partial charge on any atom is -0.477 e. The summed E-state index contributed by atoms with van der Waals surface area (Å²) in [6.07, 6.45) is -3.11. The van der Waals surface area contributed by atoms with Crippen molar-refractivity contribution in [2.24, 2.45) is 0 Å². The van der Waals surface area contributed by atoms with Crippen molar-refractivity contribution in [3.63, 3.8) is 0 Å². The van der Waals surface area contributed by atoms with Crippen molar-refractivity contribution in [2.45, 2.75) is 24.5 Å². The first kappa shape index (κ1) is 13.5. The maximum absolute atomic E-state index is 11.7. The largest absolute Gasteiger partial charge is 0.477 e. The number of nitrogens with zero attached hydrogens (tertiary/aromatic N) is 2. The lowest BCUT2D eigenvalue weighted by Gasteiger charge is -2.14. The molecule has 0 amide bonds. The van der Waals surface area contributed by atoms with E-state index in [0.717, 1.165) is 6.07 Å². The van der Waals surface area contributed by atoms with Crippen LogP contribution in [0.4, 0.5) is 0 Å². The van der Waals surface area contributed by atoms with Gasteiger partial charge in [0.25, 0.3) is 5.88 Å². The molecule has 1 aliphatic rings. The summed E-state index contributed by atoms with van der Waals surface area (Å²) in [5, 5.41) is 40.4. The van der Waals surface area contributed by atoms with Crippen LogP contribution in [0.1, 0.15) is 6.23 Å². The number of fused-ring (bicyclic) bond motifs is 1. The van der Waals surface area contributed by atoms with Crippen LogP contribution < -0.4 is 10.1 Å². The Labute approximate surface area is 116 Å². The molecule has 0 saturated carbocycles. The second-order valence-electron chi connectivity index (χ2n) is 4.50. The number of aromatic nitrogens is 2. The van der Waals surface area contributed by atoms with E-state index in [1.165, 1.54) is 26.5 Å². The average Bonchev–Trinajstić information content (AvgIpc) is 2.99. The van der Waals surface area contributed by atoms with Gasteiger partial charge in [-0.3, -0.25) is 0 Å². The molecule has 0 bridgehead atoms. The molecule has 108 valence electrons. The molecule has 9 heteroatoms. The van der Waals surface area contributed by atoms with Crippen molar-refractivity contribution in [2.75, 3.05) is 6.61 Å². The highest BCUT2D eigenvalue weighted by atomic mass is 32.1. The van der Waals surface area contributed by atoms with E-state index in [0.29, 0.717) is 4.96 Å². The average molecular weight is 301 g/mol. The number of hydrogen-bond donors (Lipinski definition) is 4. The number of aliphatic hydroxyl groups is 3. The molecular formula is C11H13N2O6S+. The van der Waals surface area contributed by atoms with Gasteiger partial charge in [0.2, 0.25) is 6.23 Å². The van der Waals surface area contributed by atoms with Gasteiger partial charge < -0.3 is 25.2 Å². The third-order valence-corrected chi connectivity index (χ3v) is 4.17. The van der Waals surface area contributed by atoms with E-state index in [2.05, 4.69) is 0 Å². The number of aliphatic hydroxyl groups excluding tert-OH is 3. The minimum atomic E-state index is -1.33. The van der Waals surface area contributed by atoms with Crippen molar-refractivity contribution in [1.29, 1.82) is 0 Å². The first-order chi connectivity index (χ1) is 9.54. The molecule has 1 fully saturated rings. The van der Waals surface area contributed by atoms with Gasteiger partial charge in [0, 0.05) is 5.38 Å². The first-order valence-corrected chi connectivity index (χ1v) is 6.78. The van der Waals surface area contributed by atoms with Crippen molar-refractivity contribution in [1.82, 2.24) is 4.40 Å². The van der Waals surface area contributed by atoms with Crippen molar-refractivity contribution < 1.29 is 29.7 Å². The lowest BCUT2D eigenvalue weighted by atomic mass is 10.1. The molecule has 0 aromatic carbocycles. The van der Waals surface area contributed by atoms with Crippen molar-refractivity contribution in [3.05, 3.63) is 28.0 Å². The van der Waals surface area contributed by atoms with Gasteiger partial charge in [0.1, 0.15) is 30.6 Å². The SMILES string of the molecule is O=c1cc(O)[n+]([C@@H]2O[C@@H](CO)[C@@H](O)[C@H]2O)c2sccn12. The maximum Gasteiger partial charge on any atom is 0.353 e. The lowest BCUT2D eigenvalue weighted by molar-refractivity contribution is -0.749. The first-order valence-electron chi connectivity index (χ1n) is 5.90. The summed E-state index contributed by atoms with van der Waals surface area (Å²) in [7, 11) is 0. The van der Waals surface area contributed by atoms with Gasteiger partial charge in [0.05, 0.1) is 6.61 Å². The van der Waals surface area contributed by atoms with Crippen LogP contribution in [0.25, 0.3) is 4.96 Å². The van der Waals surface area contributed by atoms with Crippen LogP contribution in [0, 0.1) is 0 Å². The van der Waals surface area contributed by atoms with Crippen LogP contribution >= 0.6 is 11.3 Å². The molecule has 8 nitrogen and oxygen atoms in total. The van der Waals surface area contributed by atoms with E-state index in [1.54, 1.807) is 5.38 Å². The van der Waals surface area contributed by atoms with Gasteiger partial charge in [-0.2, -0.15) is 8.97 Å². The van der Waals surface area contributed by atoms with Gasteiger partial charge in [-0.1, -0.05) is 11.3 Å². The second kappa shape index (κ2) is 4.79. The smallest absolute Gasteiger partial charge is 0.353 e. The summed E-state index contributed by atoms with van der Waals surface area (Å²) in [4.78, 5) is 12.0. The summed E-state index contributed by atoms with van der Waals surface area (Å²) in [6, 6.07) is 0.994. The molecule has 2 aromatic rings. The summed E-state index contributed by atoms with van der Waals surface area (Å²) < 4.78 is 7.87. The Balaban J connectivity index is 2.16. The minimum absolute atomic E-state index is 0.352. The molecule has 0 aliphatic carbocycles. The summed E-state index contributed by atoms with van der Waals surface area (Å²) in [6.45, 7) is -0.462. The van der Waals surface area contributed by atoms with Gasteiger partial charge in [-0.15, -0.1) is 0 Å².